The Kier molecular flexibility index (Phi) is 4.16. The van der Waals surface area contributed by atoms with Gasteiger partial charge in [-0.3, -0.25) is 0 Å². The molecule has 0 saturated carbocycles. The van der Waals surface area contributed by atoms with Crippen LogP contribution < -0.4 is 0 Å². The van der Waals surface area contributed by atoms with Gasteiger partial charge in [0.15, 0.2) is 0 Å². The number of rotatable bonds is 3. The van der Waals surface area contributed by atoms with Crippen LogP contribution in [-0.2, 0) is 4.74 Å². The van der Waals surface area contributed by atoms with Gasteiger partial charge in [-0.25, -0.2) is 4.79 Å². The fourth-order valence-electron chi connectivity index (χ4n) is 2.89. The smallest absolute Gasteiger partial charge is 0.338 e. The molecule has 0 spiro atoms. The Labute approximate surface area is 137 Å². The molecule has 1 aliphatic carbocycles. The minimum absolute atomic E-state index is 0.289. The normalized spacial score (nSPS) is 19.0. The van der Waals surface area contributed by atoms with Crippen molar-refractivity contribution in [3.05, 3.63) is 90.0 Å². The zero-order valence-electron chi connectivity index (χ0n) is 13.4. The van der Waals surface area contributed by atoms with Gasteiger partial charge in [0.2, 0.25) is 0 Å². The van der Waals surface area contributed by atoms with Crippen molar-refractivity contribution in [1.29, 1.82) is 0 Å². The number of esters is 1. The molecule has 0 aliphatic heterocycles. The highest BCUT2D eigenvalue weighted by molar-refractivity contribution is 5.89. The van der Waals surface area contributed by atoms with Crippen molar-refractivity contribution in [2.75, 3.05) is 0 Å². The Bertz CT molecular complexity index is 740. The van der Waals surface area contributed by atoms with E-state index in [1.54, 1.807) is 12.1 Å². The van der Waals surface area contributed by atoms with Crippen molar-refractivity contribution in [2.45, 2.75) is 20.0 Å². The van der Waals surface area contributed by atoms with Crippen molar-refractivity contribution < 1.29 is 9.53 Å². The molecule has 0 saturated heterocycles. The molecule has 2 aromatic rings. The summed E-state index contributed by atoms with van der Waals surface area (Å²) < 4.78 is 5.78. The molecule has 0 fully saturated rings. The van der Waals surface area contributed by atoms with Gasteiger partial charge in [0.25, 0.3) is 0 Å². The van der Waals surface area contributed by atoms with E-state index < -0.39 is 0 Å². The molecule has 1 unspecified atom stereocenters. The first kappa shape index (κ1) is 15.3. The molecule has 0 N–H and O–H groups in total. The van der Waals surface area contributed by atoms with Crippen LogP contribution in [0.2, 0.25) is 0 Å². The second kappa shape index (κ2) is 6.25. The zero-order chi connectivity index (χ0) is 16.3. The van der Waals surface area contributed by atoms with Gasteiger partial charge in [-0.15, -0.1) is 0 Å². The number of hydrogen-bond donors (Lipinski definition) is 0. The molecule has 2 aromatic carbocycles. The maximum absolute atomic E-state index is 12.4. The molecular formula is C21H20O2. The van der Waals surface area contributed by atoms with Gasteiger partial charge in [0.1, 0.15) is 6.10 Å². The second-order valence-electron chi connectivity index (χ2n) is 6.24. The van der Waals surface area contributed by atoms with E-state index in [2.05, 4.69) is 32.1 Å². The van der Waals surface area contributed by atoms with Crippen molar-refractivity contribution in [3.8, 4) is 0 Å². The molecule has 3 rings (SSSR count). The second-order valence-corrected chi connectivity index (χ2v) is 6.24. The third kappa shape index (κ3) is 3.11. The number of carbonyl (C=O) groups excluding carboxylic acids is 1. The summed E-state index contributed by atoms with van der Waals surface area (Å²) in [6.07, 6.45) is 5.72. The highest BCUT2D eigenvalue weighted by Gasteiger charge is 2.36. The average Bonchev–Trinajstić information content (AvgIpc) is 2.58. The molecule has 0 radical (unpaired) electrons. The van der Waals surface area contributed by atoms with Gasteiger partial charge in [0, 0.05) is 5.41 Å². The van der Waals surface area contributed by atoms with Crippen LogP contribution in [0, 0.1) is 5.41 Å². The quantitative estimate of drug-likeness (QED) is 0.755. The lowest BCUT2D eigenvalue weighted by molar-refractivity contribution is 0.0218. The number of ether oxygens (including phenoxy) is 1. The molecule has 23 heavy (non-hydrogen) atoms. The van der Waals surface area contributed by atoms with E-state index in [-0.39, 0.29) is 17.5 Å². The Morgan fingerprint density at radius 1 is 0.957 bits per heavy atom. The van der Waals surface area contributed by atoms with Crippen LogP contribution in [0.15, 0.2) is 78.9 Å². The van der Waals surface area contributed by atoms with Crippen molar-refractivity contribution >= 4 is 11.5 Å². The summed E-state index contributed by atoms with van der Waals surface area (Å²) in [6.45, 7) is 4.22. The summed E-state index contributed by atoms with van der Waals surface area (Å²) in [5.41, 5.74) is 2.61. The average molecular weight is 304 g/mol. The van der Waals surface area contributed by atoms with E-state index in [9.17, 15) is 4.79 Å². The fraction of sp³-hybridized carbons (Fsp3) is 0.190. The molecule has 2 heteroatoms. The van der Waals surface area contributed by atoms with E-state index in [4.69, 9.17) is 4.74 Å². The Morgan fingerprint density at radius 2 is 1.57 bits per heavy atom. The van der Waals surface area contributed by atoms with Crippen molar-refractivity contribution in [2.24, 2.45) is 5.41 Å². The lowest BCUT2D eigenvalue weighted by atomic mass is 9.73. The molecular weight excluding hydrogens is 284 g/mol. The lowest BCUT2D eigenvalue weighted by Crippen LogP contribution is -2.35. The SMILES string of the molecule is CC1(C)C(c2ccccc2)=CC=CC1OC(=O)c1ccccc1. The third-order valence-corrected chi connectivity index (χ3v) is 4.28. The lowest BCUT2D eigenvalue weighted by Gasteiger charge is -2.36. The zero-order valence-corrected chi connectivity index (χ0v) is 13.4. The highest BCUT2D eigenvalue weighted by Crippen LogP contribution is 2.42. The van der Waals surface area contributed by atoms with Crippen LogP contribution in [0.25, 0.3) is 5.57 Å². The standard InChI is InChI=1S/C21H20O2/c1-21(2)18(16-10-5-3-6-11-16)14-9-15-19(21)23-20(22)17-12-7-4-8-13-17/h3-15,19H,1-2H3. The summed E-state index contributed by atoms with van der Waals surface area (Å²) in [4.78, 5) is 12.4. The van der Waals surface area contributed by atoms with Gasteiger partial charge in [-0.2, -0.15) is 0 Å². The number of benzene rings is 2. The molecule has 0 amide bonds. The molecule has 1 atom stereocenters. The predicted octanol–water partition coefficient (Wildman–Crippen LogP) is 4.89. The summed E-state index contributed by atoms with van der Waals surface area (Å²) in [7, 11) is 0. The molecule has 1 aliphatic rings. The van der Waals surface area contributed by atoms with Crippen LogP contribution in [-0.4, -0.2) is 12.1 Å². The molecule has 0 heterocycles. The van der Waals surface area contributed by atoms with E-state index in [1.807, 2.05) is 48.6 Å². The van der Waals surface area contributed by atoms with E-state index >= 15 is 0 Å². The summed E-state index contributed by atoms with van der Waals surface area (Å²) in [5.74, 6) is -0.289. The van der Waals surface area contributed by atoms with E-state index in [0.717, 1.165) is 5.56 Å². The topological polar surface area (TPSA) is 26.3 Å². The van der Waals surface area contributed by atoms with Crippen LogP contribution >= 0.6 is 0 Å². The summed E-state index contributed by atoms with van der Waals surface area (Å²) in [6, 6.07) is 19.3. The molecule has 116 valence electrons. The Balaban J connectivity index is 1.84. The third-order valence-electron chi connectivity index (χ3n) is 4.28. The van der Waals surface area contributed by atoms with Gasteiger partial charge >= 0.3 is 5.97 Å². The summed E-state index contributed by atoms with van der Waals surface area (Å²) in [5, 5.41) is 0. The monoisotopic (exact) mass is 304 g/mol. The minimum atomic E-state index is -0.296. The van der Waals surface area contributed by atoms with Crippen LogP contribution in [0.4, 0.5) is 0 Å². The molecule has 0 aromatic heterocycles. The van der Waals surface area contributed by atoms with Crippen molar-refractivity contribution in [3.63, 3.8) is 0 Å². The molecule has 2 nitrogen and oxygen atoms in total. The van der Waals surface area contributed by atoms with Gasteiger partial charge in [0.05, 0.1) is 5.56 Å². The van der Waals surface area contributed by atoms with Crippen LogP contribution in [0.5, 0.6) is 0 Å². The fourth-order valence-corrected chi connectivity index (χ4v) is 2.89. The maximum atomic E-state index is 12.4. The largest absolute Gasteiger partial charge is 0.454 e. The van der Waals surface area contributed by atoms with Crippen LogP contribution in [0.1, 0.15) is 29.8 Å². The highest BCUT2D eigenvalue weighted by atomic mass is 16.5. The number of allylic oxidation sites excluding steroid dienone is 2. The van der Waals surface area contributed by atoms with Crippen LogP contribution in [0.3, 0.4) is 0 Å². The first-order valence-corrected chi connectivity index (χ1v) is 7.79. The van der Waals surface area contributed by atoms with E-state index in [0.29, 0.717) is 5.56 Å². The van der Waals surface area contributed by atoms with E-state index in [1.165, 1.54) is 5.57 Å². The van der Waals surface area contributed by atoms with Gasteiger partial charge in [-0.05, 0) is 29.3 Å². The van der Waals surface area contributed by atoms with Gasteiger partial charge in [-0.1, -0.05) is 74.5 Å². The maximum Gasteiger partial charge on any atom is 0.338 e. The minimum Gasteiger partial charge on any atom is -0.454 e. The van der Waals surface area contributed by atoms with Crippen molar-refractivity contribution in [1.82, 2.24) is 0 Å². The summed E-state index contributed by atoms with van der Waals surface area (Å²) >= 11 is 0. The number of carbonyl (C=O) groups is 1. The first-order chi connectivity index (χ1) is 11.1. The molecule has 0 bridgehead atoms. The Morgan fingerprint density at radius 3 is 2.22 bits per heavy atom. The Hall–Kier alpha value is -2.61. The predicted molar refractivity (Wildman–Crippen MR) is 93.0 cm³/mol. The number of hydrogen-bond acceptors (Lipinski definition) is 2. The van der Waals surface area contributed by atoms with Gasteiger partial charge < -0.3 is 4.74 Å². The first-order valence-electron chi connectivity index (χ1n) is 7.79.